The largest absolute Gasteiger partial charge is 0.493 e. The number of carbonyl (C=O) groups is 1. The van der Waals surface area contributed by atoms with E-state index in [1.54, 1.807) is 25.5 Å². The number of amides is 1. The molecule has 0 bridgehead atoms. The molecule has 1 amide bonds. The lowest BCUT2D eigenvalue weighted by Gasteiger charge is -2.14. The van der Waals surface area contributed by atoms with Crippen molar-refractivity contribution >= 4 is 61.0 Å². The number of hydrogen-bond acceptors (Lipinski definition) is 7. The van der Waals surface area contributed by atoms with Gasteiger partial charge in [0.15, 0.2) is 16.6 Å². The van der Waals surface area contributed by atoms with Crippen LogP contribution in [0.2, 0.25) is 0 Å². The summed E-state index contributed by atoms with van der Waals surface area (Å²) in [4.78, 5) is 17.4. The van der Waals surface area contributed by atoms with Crippen molar-refractivity contribution in [3.05, 3.63) is 136 Å². The van der Waals surface area contributed by atoms with Crippen LogP contribution in [0, 0.1) is 0 Å². The average molecular weight is 664 g/mol. The van der Waals surface area contributed by atoms with Gasteiger partial charge in [-0.25, -0.2) is 10.4 Å². The molecule has 6 rings (SSSR count). The molecule has 7 nitrogen and oxygen atoms in total. The molecule has 0 fully saturated rings. The van der Waals surface area contributed by atoms with E-state index in [4.69, 9.17) is 9.47 Å². The van der Waals surface area contributed by atoms with Gasteiger partial charge in [0.25, 0.3) is 5.91 Å². The van der Waals surface area contributed by atoms with Crippen LogP contribution in [0.25, 0.3) is 22.0 Å². The Morgan fingerprint density at radius 3 is 2.55 bits per heavy atom. The molecule has 5 aromatic carbocycles. The van der Waals surface area contributed by atoms with E-state index in [0.717, 1.165) is 44.0 Å². The standard InChI is InChI=1S/C35H27BrN4O3S/c1-42-32-19-23(18-30(36)33(32)43-21-27-10-7-9-24-8-5-6-13-29(24)27)20-37-40-34(41)26-16-14-25(15-17-26)31-22-44-35(39-31)38-28-11-3-2-4-12-28/h2-20,22H,21H2,1H3,(H,38,39)(H,40,41)/b37-20-. The van der Waals surface area contributed by atoms with Crippen molar-refractivity contribution in [1.29, 1.82) is 0 Å². The first kappa shape index (κ1) is 29.1. The molecule has 0 saturated heterocycles. The van der Waals surface area contributed by atoms with Crippen LogP contribution in [0.1, 0.15) is 21.5 Å². The summed E-state index contributed by atoms with van der Waals surface area (Å²) in [6.45, 7) is 0.382. The number of thiazole rings is 1. The normalized spacial score (nSPS) is 11.0. The summed E-state index contributed by atoms with van der Waals surface area (Å²) in [7, 11) is 1.59. The zero-order chi connectivity index (χ0) is 30.3. The molecule has 2 N–H and O–H groups in total. The first-order valence-corrected chi connectivity index (χ1v) is 15.4. The minimum Gasteiger partial charge on any atom is -0.493 e. The number of anilines is 2. The number of rotatable bonds is 10. The lowest BCUT2D eigenvalue weighted by atomic mass is 10.1. The fourth-order valence-electron chi connectivity index (χ4n) is 4.65. The van der Waals surface area contributed by atoms with Gasteiger partial charge in [-0.15, -0.1) is 11.3 Å². The maximum Gasteiger partial charge on any atom is 0.271 e. The summed E-state index contributed by atoms with van der Waals surface area (Å²) >= 11 is 5.13. The Balaban J connectivity index is 1.07. The Kier molecular flexibility index (Phi) is 8.95. The first-order valence-electron chi connectivity index (χ1n) is 13.8. The summed E-state index contributed by atoms with van der Waals surface area (Å²) in [5.41, 5.74) is 7.62. The molecule has 0 spiro atoms. The summed E-state index contributed by atoms with van der Waals surface area (Å²) in [6, 6.07) is 35.2. The van der Waals surface area contributed by atoms with Crippen LogP contribution >= 0.6 is 27.3 Å². The summed E-state index contributed by atoms with van der Waals surface area (Å²) in [5.74, 6) is 0.815. The molecule has 0 aliphatic carbocycles. The highest BCUT2D eigenvalue weighted by molar-refractivity contribution is 9.10. The number of nitrogens with zero attached hydrogens (tertiary/aromatic N) is 2. The summed E-state index contributed by atoms with van der Waals surface area (Å²) in [6.07, 6.45) is 1.56. The van der Waals surface area contributed by atoms with Gasteiger partial charge in [-0.1, -0.05) is 72.8 Å². The topological polar surface area (TPSA) is 84.8 Å². The summed E-state index contributed by atoms with van der Waals surface area (Å²) < 4.78 is 12.5. The van der Waals surface area contributed by atoms with E-state index in [-0.39, 0.29) is 5.91 Å². The van der Waals surface area contributed by atoms with E-state index in [2.05, 4.69) is 61.0 Å². The van der Waals surface area contributed by atoms with Crippen LogP contribution < -0.4 is 20.2 Å². The molecule has 44 heavy (non-hydrogen) atoms. The van der Waals surface area contributed by atoms with E-state index in [1.165, 1.54) is 11.3 Å². The predicted octanol–water partition coefficient (Wildman–Crippen LogP) is 8.82. The highest BCUT2D eigenvalue weighted by atomic mass is 79.9. The number of aromatic nitrogens is 1. The van der Waals surface area contributed by atoms with Crippen molar-refractivity contribution < 1.29 is 14.3 Å². The third-order valence-corrected chi connectivity index (χ3v) is 8.20. The summed E-state index contributed by atoms with van der Waals surface area (Å²) in [5, 5.41) is 12.5. The lowest BCUT2D eigenvalue weighted by molar-refractivity contribution is 0.0955. The second kappa shape index (κ2) is 13.5. The molecule has 0 aliphatic heterocycles. The van der Waals surface area contributed by atoms with Gasteiger partial charge < -0.3 is 14.8 Å². The number of hydrazone groups is 1. The highest BCUT2D eigenvalue weighted by Gasteiger charge is 2.13. The van der Waals surface area contributed by atoms with Crippen molar-refractivity contribution in [2.75, 3.05) is 12.4 Å². The Bertz CT molecular complexity index is 1940. The van der Waals surface area contributed by atoms with Crippen LogP contribution in [0.3, 0.4) is 0 Å². The lowest BCUT2D eigenvalue weighted by Crippen LogP contribution is -2.17. The van der Waals surface area contributed by atoms with Gasteiger partial charge >= 0.3 is 0 Å². The number of methoxy groups -OCH3 is 1. The SMILES string of the molecule is COc1cc(/C=N\NC(=O)c2ccc(-c3csc(Nc4ccccc4)n3)cc2)cc(Br)c1OCc1cccc2ccccc12. The maximum atomic E-state index is 12.7. The minimum atomic E-state index is -0.321. The van der Waals surface area contributed by atoms with Crippen LogP contribution in [-0.4, -0.2) is 24.2 Å². The maximum absolute atomic E-state index is 12.7. The predicted molar refractivity (Wildman–Crippen MR) is 181 cm³/mol. The monoisotopic (exact) mass is 662 g/mol. The van der Waals surface area contributed by atoms with Gasteiger partial charge in [0, 0.05) is 22.2 Å². The van der Waals surface area contributed by atoms with Crippen molar-refractivity contribution in [3.63, 3.8) is 0 Å². The van der Waals surface area contributed by atoms with E-state index >= 15 is 0 Å². The fourth-order valence-corrected chi connectivity index (χ4v) is 5.97. The molecular weight excluding hydrogens is 636 g/mol. The Morgan fingerprint density at radius 2 is 1.73 bits per heavy atom. The smallest absolute Gasteiger partial charge is 0.271 e. The van der Waals surface area contributed by atoms with Crippen LogP contribution in [0.4, 0.5) is 10.8 Å². The molecule has 0 aliphatic rings. The molecule has 0 saturated carbocycles. The van der Waals surface area contributed by atoms with Gasteiger partial charge in [0.2, 0.25) is 0 Å². The van der Waals surface area contributed by atoms with Crippen molar-refractivity contribution in [2.45, 2.75) is 6.61 Å². The third kappa shape index (κ3) is 6.80. The molecule has 1 heterocycles. The van der Waals surface area contributed by atoms with Crippen molar-refractivity contribution in [3.8, 4) is 22.8 Å². The zero-order valence-corrected chi connectivity index (χ0v) is 26.1. The second-order valence-electron chi connectivity index (χ2n) is 9.77. The van der Waals surface area contributed by atoms with Gasteiger partial charge in [-0.3, -0.25) is 4.79 Å². The number of fused-ring (bicyclic) bond motifs is 1. The van der Waals surface area contributed by atoms with Gasteiger partial charge in [0.05, 0.1) is 23.5 Å². The van der Waals surface area contributed by atoms with Gasteiger partial charge in [-0.05, 0) is 74.2 Å². The number of nitrogens with one attached hydrogen (secondary N) is 2. The molecule has 9 heteroatoms. The van der Waals surface area contributed by atoms with Crippen molar-refractivity contribution in [1.82, 2.24) is 10.4 Å². The quantitative estimate of drug-likeness (QED) is 0.113. The van der Waals surface area contributed by atoms with E-state index in [9.17, 15) is 4.79 Å². The number of ether oxygens (including phenoxy) is 2. The van der Waals surface area contributed by atoms with E-state index in [1.807, 2.05) is 78.2 Å². The molecule has 218 valence electrons. The average Bonchev–Trinajstić information content (AvgIpc) is 3.53. The Morgan fingerprint density at radius 1 is 0.955 bits per heavy atom. The van der Waals surface area contributed by atoms with E-state index in [0.29, 0.717) is 28.1 Å². The van der Waals surface area contributed by atoms with E-state index < -0.39 is 0 Å². The highest BCUT2D eigenvalue weighted by Crippen LogP contribution is 2.37. The van der Waals surface area contributed by atoms with Crippen LogP contribution in [-0.2, 0) is 6.61 Å². The third-order valence-electron chi connectivity index (χ3n) is 6.86. The van der Waals surface area contributed by atoms with Gasteiger partial charge in [-0.2, -0.15) is 5.10 Å². The Hall–Kier alpha value is -4.99. The molecule has 0 unspecified atom stereocenters. The zero-order valence-electron chi connectivity index (χ0n) is 23.7. The minimum absolute atomic E-state index is 0.321. The molecular formula is C35H27BrN4O3S. The molecule has 6 aromatic rings. The number of hydrogen-bond donors (Lipinski definition) is 2. The van der Waals surface area contributed by atoms with Crippen LogP contribution in [0.5, 0.6) is 11.5 Å². The van der Waals surface area contributed by atoms with Crippen molar-refractivity contribution in [2.24, 2.45) is 5.10 Å². The number of para-hydroxylation sites is 1. The number of carbonyl (C=O) groups excluding carboxylic acids is 1. The molecule has 0 radical (unpaired) electrons. The Labute approximate surface area is 267 Å². The fraction of sp³-hybridized carbons (Fsp3) is 0.0571. The number of benzene rings is 5. The van der Waals surface area contributed by atoms with Gasteiger partial charge in [0.1, 0.15) is 6.61 Å². The molecule has 0 atom stereocenters. The molecule has 1 aromatic heterocycles. The van der Waals surface area contributed by atoms with Crippen LogP contribution in [0.15, 0.2) is 124 Å². The second-order valence-corrected chi connectivity index (χ2v) is 11.5. The first-order chi connectivity index (χ1) is 21.6. The number of halogens is 1.